The third-order valence-corrected chi connectivity index (χ3v) is 2.86. The van der Waals surface area contributed by atoms with Gasteiger partial charge in [-0.2, -0.15) is 0 Å². The molecule has 0 aliphatic rings. The lowest BCUT2D eigenvalue weighted by molar-refractivity contribution is -0.120. The quantitative estimate of drug-likeness (QED) is 0.579. The second-order valence-electron chi connectivity index (χ2n) is 3.67. The summed E-state index contributed by atoms with van der Waals surface area (Å²) < 4.78 is 11.1. The van der Waals surface area contributed by atoms with Crippen LogP contribution >= 0.6 is 0 Å². The van der Waals surface area contributed by atoms with Crippen LogP contribution in [0.4, 0.5) is 0 Å². The lowest BCUT2D eigenvalue weighted by Crippen LogP contribution is -2.23. The number of allylic oxidation sites excluding steroid dienone is 3. The number of rotatable bonds is 6. The van der Waals surface area contributed by atoms with Crippen LogP contribution < -0.4 is 5.32 Å². The molecule has 0 bridgehead atoms. The maximum atomic E-state index is 11.4. The van der Waals surface area contributed by atoms with Crippen LogP contribution in [0.1, 0.15) is 26.7 Å². The van der Waals surface area contributed by atoms with Gasteiger partial charge in [-0.25, -0.2) is 0 Å². The first-order chi connectivity index (χ1) is 8.01. The maximum Gasteiger partial charge on any atom is 0.224 e. The Morgan fingerprint density at radius 2 is 2.12 bits per heavy atom. The number of hydrogen-bond donors (Lipinski definition) is 1. The normalized spacial score (nSPS) is 14.0. The Balaban J connectivity index is 4.41. The van der Waals surface area contributed by atoms with Gasteiger partial charge in [0.25, 0.3) is 0 Å². The Labute approximate surface area is 106 Å². The summed E-state index contributed by atoms with van der Waals surface area (Å²) in [6, 6.07) is 0. The van der Waals surface area contributed by atoms with Crippen LogP contribution in [0, 0.1) is 12.3 Å². The van der Waals surface area contributed by atoms with Crippen LogP contribution in [-0.4, -0.2) is 22.9 Å². The fourth-order valence-corrected chi connectivity index (χ4v) is 1.51. The van der Waals surface area contributed by atoms with E-state index in [0.29, 0.717) is 17.9 Å². The standard InChI is InChI=1S/C13H19NO2S/c1-5-9-14-13(15)10-11(3)7-8-12(6-2)17(4)16/h2,7-8H,5,9-10H2,1,3-4H3,(H,14,15)/b11-7+,12-8+. The zero-order valence-electron chi connectivity index (χ0n) is 10.6. The summed E-state index contributed by atoms with van der Waals surface area (Å²) in [6.45, 7) is 4.53. The highest BCUT2D eigenvalue weighted by Crippen LogP contribution is 2.04. The summed E-state index contributed by atoms with van der Waals surface area (Å²) in [4.78, 5) is 11.8. The molecule has 0 aromatic heterocycles. The number of terminal acetylenes is 1. The Hall–Kier alpha value is -1.34. The van der Waals surface area contributed by atoms with Crippen molar-refractivity contribution < 1.29 is 9.00 Å². The predicted molar refractivity (Wildman–Crippen MR) is 72.7 cm³/mol. The number of nitrogens with one attached hydrogen (secondary N) is 1. The van der Waals surface area contributed by atoms with Crippen LogP contribution in [0.25, 0.3) is 0 Å². The van der Waals surface area contributed by atoms with E-state index in [1.54, 1.807) is 12.2 Å². The van der Waals surface area contributed by atoms with E-state index in [1.807, 2.05) is 13.8 Å². The summed E-state index contributed by atoms with van der Waals surface area (Å²) in [5.41, 5.74) is 0.886. The lowest BCUT2D eigenvalue weighted by atomic mass is 10.2. The third-order valence-electron chi connectivity index (χ3n) is 1.98. The van der Waals surface area contributed by atoms with Gasteiger partial charge in [-0.3, -0.25) is 9.00 Å². The molecule has 0 saturated carbocycles. The summed E-state index contributed by atoms with van der Waals surface area (Å²) >= 11 is 0. The first kappa shape index (κ1) is 15.7. The molecule has 3 nitrogen and oxygen atoms in total. The second-order valence-corrected chi connectivity index (χ2v) is 5.02. The molecule has 0 heterocycles. The van der Waals surface area contributed by atoms with Gasteiger partial charge in [-0.15, -0.1) is 6.42 Å². The molecule has 0 aromatic rings. The SMILES string of the molecule is C#C/C(=C\C=C(/C)CC(=O)NCCC)S(C)=O. The fraction of sp³-hybridized carbons (Fsp3) is 0.462. The van der Waals surface area contributed by atoms with Gasteiger partial charge in [0.15, 0.2) is 0 Å². The molecule has 1 amide bonds. The van der Waals surface area contributed by atoms with Crippen LogP contribution in [0.5, 0.6) is 0 Å². The summed E-state index contributed by atoms with van der Waals surface area (Å²) in [5.74, 6) is 2.35. The number of hydrogen-bond acceptors (Lipinski definition) is 2. The van der Waals surface area contributed by atoms with Crippen LogP contribution in [0.3, 0.4) is 0 Å². The smallest absolute Gasteiger partial charge is 0.224 e. The van der Waals surface area contributed by atoms with Gasteiger partial charge in [0.2, 0.25) is 5.91 Å². The number of amides is 1. The fourth-order valence-electron chi connectivity index (χ4n) is 1.08. The zero-order chi connectivity index (χ0) is 13.3. The van der Waals surface area contributed by atoms with Crippen molar-refractivity contribution in [2.24, 2.45) is 0 Å². The molecule has 0 saturated heterocycles. The highest BCUT2D eigenvalue weighted by molar-refractivity contribution is 7.88. The van der Waals surface area contributed by atoms with E-state index in [0.717, 1.165) is 12.0 Å². The summed E-state index contributed by atoms with van der Waals surface area (Å²) in [5, 5.41) is 2.79. The van der Waals surface area contributed by atoms with Gasteiger partial charge < -0.3 is 5.32 Å². The molecule has 4 heteroatoms. The minimum atomic E-state index is -1.16. The topological polar surface area (TPSA) is 46.2 Å². The van der Waals surface area contributed by atoms with E-state index >= 15 is 0 Å². The van der Waals surface area contributed by atoms with Gasteiger partial charge >= 0.3 is 0 Å². The monoisotopic (exact) mass is 253 g/mol. The van der Waals surface area contributed by atoms with Crippen LogP contribution in [-0.2, 0) is 15.6 Å². The van der Waals surface area contributed by atoms with Crippen molar-refractivity contribution in [1.82, 2.24) is 5.32 Å². The molecule has 0 fully saturated rings. The maximum absolute atomic E-state index is 11.4. The van der Waals surface area contributed by atoms with Crippen molar-refractivity contribution in [3.05, 3.63) is 22.6 Å². The first-order valence-electron chi connectivity index (χ1n) is 5.45. The van der Waals surface area contributed by atoms with E-state index < -0.39 is 10.8 Å². The van der Waals surface area contributed by atoms with Crippen LogP contribution in [0.15, 0.2) is 22.6 Å². The Bertz CT molecular complexity index is 389. The second kappa shape index (κ2) is 8.77. The molecule has 94 valence electrons. The molecule has 1 unspecified atom stereocenters. The Morgan fingerprint density at radius 1 is 1.47 bits per heavy atom. The number of carbonyl (C=O) groups is 1. The average Bonchev–Trinajstić information content (AvgIpc) is 2.26. The molecule has 0 radical (unpaired) electrons. The molecule has 0 rings (SSSR count). The van der Waals surface area contributed by atoms with Crippen molar-refractivity contribution in [3.63, 3.8) is 0 Å². The van der Waals surface area contributed by atoms with Crippen molar-refractivity contribution >= 4 is 16.7 Å². The molecule has 1 N–H and O–H groups in total. The van der Waals surface area contributed by atoms with E-state index in [4.69, 9.17) is 6.42 Å². The van der Waals surface area contributed by atoms with Gasteiger partial charge in [-0.05, 0) is 19.4 Å². The van der Waals surface area contributed by atoms with E-state index in [-0.39, 0.29) is 5.91 Å². The van der Waals surface area contributed by atoms with E-state index in [1.165, 1.54) is 6.26 Å². The van der Waals surface area contributed by atoms with Gasteiger partial charge in [-0.1, -0.05) is 24.5 Å². The molecule has 0 aromatic carbocycles. The van der Waals surface area contributed by atoms with Gasteiger partial charge in [0, 0.05) is 19.2 Å². The number of carbonyl (C=O) groups excluding carboxylic acids is 1. The van der Waals surface area contributed by atoms with Gasteiger partial charge in [0.05, 0.1) is 15.7 Å². The zero-order valence-corrected chi connectivity index (χ0v) is 11.4. The van der Waals surface area contributed by atoms with Crippen molar-refractivity contribution in [3.8, 4) is 12.3 Å². The molecule has 17 heavy (non-hydrogen) atoms. The summed E-state index contributed by atoms with van der Waals surface area (Å²) in [7, 11) is -1.16. The molecule has 1 atom stereocenters. The first-order valence-corrected chi connectivity index (χ1v) is 7.01. The van der Waals surface area contributed by atoms with Crippen molar-refractivity contribution in [2.75, 3.05) is 12.8 Å². The lowest BCUT2D eigenvalue weighted by Gasteiger charge is -2.02. The average molecular weight is 253 g/mol. The molecule has 0 spiro atoms. The Kier molecular flexibility index (Phi) is 8.08. The minimum Gasteiger partial charge on any atom is -0.356 e. The summed E-state index contributed by atoms with van der Waals surface area (Å²) in [6.07, 6.45) is 11.4. The van der Waals surface area contributed by atoms with Gasteiger partial charge in [0.1, 0.15) is 0 Å². The minimum absolute atomic E-state index is 0.00567. The molecule has 0 aliphatic heterocycles. The predicted octanol–water partition coefficient (Wildman–Crippen LogP) is 1.74. The Morgan fingerprint density at radius 3 is 2.59 bits per heavy atom. The highest BCUT2D eigenvalue weighted by Gasteiger charge is 2.01. The molecular formula is C13H19NO2S. The van der Waals surface area contributed by atoms with Crippen molar-refractivity contribution in [2.45, 2.75) is 26.7 Å². The highest BCUT2D eigenvalue weighted by atomic mass is 32.2. The largest absolute Gasteiger partial charge is 0.356 e. The molecule has 0 aliphatic carbocycles. The van der Waals surface area contributed by atoms with E-state index in [2.05, 4.69) is 11.2 Å². The molecular weight excluding hydrogens is 234 g/mol. The van der Waals surface area contributed by atoms with Crippen molar-refractivity contribution in [1.29, 1.82) is 0 Å². The van der Waals surface area contributed by atoms with E-state index in [9.17, 15) is 9.00 Å². The third kappa shape index (κ3) is 7.53. The van der Waals surface area contributed by atoms with Crippen LogP contribution in [0.2, 0.25) is 0 Å².